The van der Waals surface area contributed by atoms with E-state index < -0.39 is 0 Å². The highest BCUT2D eigenvalue weighted by Crippen LogP contribution is 2.25. The van der Waals surface area contributed by atoms with Crippen LogP contribution in [0, 0.1) is 6.92 Å². The number of benzene rings is 2. The summed E-state index contributed by atoms with van der Waals surface area (Å²) in [6, 6.07) is 14.2. The minimum absolute atomic E-state index is 0.758. The molecule has 0 heterocycles. The van der Waals surface area contributed by atoms with Crippen molar-refractivity contribution in [1.29, 1.82) is 0 Å². The maximum absolute atomic E-state index is 5.98. The smallest absolute Gasteiger partial charge is 0.0414 e. The van der Waals surface area contributed by atoms with E-state index in [-0.39, 0.29) is 0 Å². The molecule has 4 heteroatoms. The van der Waals surface area contributed by atoms with Crippen molar-refractivity contribution in [2.75, 3.05) is 18.2 Å². The second-order valence-electron chi connectivity index (χ2n) is 4.62. The summed E-state index contributed by atoms with van der Waals surface area (Å²) in [6.45, 7) is 4.07. The lowest BCUT2D eigenvalue weighted by atomic mass is 10.1. The van der Waals surface area contributed by atoms with Crippen LogP contribution in [-0.4, -0.2) is 12.9 Å². The van der Waals surface area contributed by atoms with Gasteiger partial charge in [-0.15, -0.1) is 0 Å². The zero-order chi connectivity index (χ0) is 16.5. The van der Waals surface area contributed by atoms with Crippen LogP contribution < -0.4 is 10.6 Å². The van der Waals surface area contributed by atoms with Gasteiger partial charge in [-0.1, -0.05) is 45.7 Å². The van der Waals surface area contributed by atoms with E-state index in [4.69, 9.17) is 11.6 Å². The van der Waals surface area contributed by atoms with Crippen molar-refractivity contribution in [1.82, 2.24) is 5.32 Å². The Balaban J connectivity index is 0.00000116. The zero-order valence-corrected chi connectivity index (χ0v) is 15.7. The van der Waals surface area contributed by atoms with Crippen molar-refractivity contribution in [2.24, 2.45) is 0 Å². The number of aryl methyl sites for hydroxylation is 1. The average molecular weight is 382 g/mol. The van der Waals surface area contributed by atoms with Gasteiger partial charge in [-0.25, -0.2) is 0 Å². The molecule has 2 aromatic rings. The predicted molar refractivity (Wildman–Crippen MR) is 103 cm³/mol. The predicted octanol–water partition coefficient (Wildman–Crippen LogP) is 5.98. The SMILES string of the molecule is C/C=C(\NC)c1cccc(Nc2ccc(Cl)cc2C)c1.CBr. The minimum Gasteiger partial charge on any atom is -0.388 e. The number of allylic oxidation sites excluding steroid dienone is 1. The number of anilines is 2. The summed E-state index contributed by atoms with van der Waals surface area (Å²) in [5.74, 6) is 1.81. The molecule has 2 aromatic carbocycles. The highest BCUT2D eigenvalue weighted by Gasteiger charge is 2.02. The fourth-order valence-electron chi connectivity index (χ4n) is 2.14. The first-order chi connectivity index (χ1) is 10.6. The molecule has 0 unspecified atom stereocenters. The summed E-state index contributed by atoms with van der Waals surface area (Å²) in [5, 5.41) is 7.38. The van der Waals surface area contributed by atoms with Crippen LogP contribution in [0.4, 0.5) is 11.4 Å². The number of hydrogen-bond acceptors (Lipinski definition) is 2. The van der Waals surface area contributed by atoms with E-state index in [0.29, 0.717) is 0 Å². The Bertz CT molecular complexity index is 639. The summed E-state index contributed by atoms with van der Waals surface area (Å²) < 4.78 is 0. The van der Waals surface area contributed by atoms with E-state index in [2.05, 4.69) is 50.8 Å². The molecule has 0 fully saturated rings. The van der Waals surface area contributed by atoms with Crippen molar-refractivity contribution in [3.05, 3.63) is 64.7 Å². The molecule has 0 spiro atoms. The highest BCUT2D eigenvalue weighted by molar-refractivity contribution is 9.08. The van der Waals surface area contributed by atoms with Gasteiger partial charge in [-0.2, -0.15) is 0 Å². The third-order valence-electron chi connectivity index (χ3n) is 3.20. The number of hydrogen-bond donors (Lipinski definition) is 2. The van der Waals surface area contributed by atoms with Crippen LogP contribution in [0.2, 0.25) is 5.02 Å². The summed E-state index contributed by atoms with van der Waals surface area (Å²) >= 11 is 8.92. The van der Waals surface area contributed by atoms with Crippen molar-refractivity contribution < 1.29 is 0 Å². The topological polar surface area (TPSA) is 24.1 Å². The van der Waals surface area contributed by atoms with Gasteiger partial charge in [0.2, 0.25) is 0 Å². The fraction of sp³-hybridized carbons (Fsp3) is 0.222. The molecule has 0 saturated heterocycles. The largest absolute Gasteiger partial charge is 0.388 e. The quantitative estimate of drug-likeness (QED) is 0.636. The third-order valence-corrected chi connectivity index (χ3v) is 3.43. The molecular weight excluding hydrogens is 360 g/mol. The Kier molecular flexibility index (Phi) is 8.07. The first kappa shape index (κ1) is 18.6. The Morgan fingerprint density at radius 2 is 1.86 bits per heavy atom. The molecule has 0 amide bonds. The molecule has 0 radical (unpaired) electrons. The standard InChI is InChI=1S/C17H19ClN2.CH3Br/c1-4-16(19-3)13-6-5-7-15(11-13)20-17-9-8-14(18)10-12(17)2;1-2/h4-11,19-20H,1-3H3;1H3/b16-4-;. The molecule has 0 saturated carbocycles. The fourth-order valence-corrected chi connectivity index (χ4v) is 2.37. The molecule has 2 N–H and O–H groups in total. The third kappa shape index (κ3) is 5.08. The first-order valence-electron chi connectivity index (χ1n) is 6.99. The number of halogens is 2. The van der Waals surface area contributed by atoms with E-state index in [1.54, 1.807) is 0 Å². The van der Waals surface area contributed by atoms with E-state index in [1.165, 1.54) is 0 Å². The number of nitrogens with one attached hydrogen (secondary N) is 2. The molecular formula is C18H22BrClN2. The van der Waals surface area contributed by atoms with Crippen LogP contribution in [0.3, 0.4) is 0 Å². The van der Waals surface area contributed by atoms with Gasteiger partial charge in [0.15, 0.2) is 0 Å². The average Bonchev–Trinajstić information content (AvgIpc) is 2.54. The molecule has 0 aliphatic heterocycles. The van der Waals surface area contributed by atoms with Crippen LogP contribution in [0.25, 0.3) is 5.70 Å². The van der Waals surface area contributed by atoms with Crippen LogP contribution in [0.5, 0.6) is 0 Å². The van der Waals surface area contributed by atoms with Crippen molar-refractivity contribution in [2.45, 2.75) is 13.8 Å². The van der Waals surface area contributed by atoms with E-state index in [9.17, 15) is 0 Å². The number of alkyl halides is 1. The molecule has 22 heavy (non-hydrogen) atoms. The van der Waals surface area contributed by atoms with Gasteiger partial charge in [0.05, 0.1) is 0 Å². The summed E-state index contributed by atoms with van der Waals surface area (Å²) in [6.07, 6.45) is 2.06. The summed E-state index contributed by atoms with van der Waals surface area (Å²) in [5.41, 5.74) is 5.52. The Hall–Kier alpha value is -1.45. The lowest BCUT2D eigenvalue weighted by molar-refractivity contribution is 1.12. The molecule has 0 atom stereocenters. The van der Waals surface area contributed by atoms with Gasteiger partial charge in [-0.05, 0) is 61.1 Å². The monoisotopic (exact) mass is 380 g/mol. The Labute approximate surface area is 146 Å². The summed E-state index contributed by atoms with van der Waals surface area (Å²) in [7, 11) is 1.93. The highest BCUT2D eigenvalue weighted by atomic mass is 79.9. The molecule has 0 aliphatic rings. The van der Waals surface area contributed by atoms with Crippen LogP contribution in [-0.2, 0) is 0 Å². The maximum atomic E-state index is 5.98. The Morgan fingerprint density at radius 3 is 2.45 bits per heavy atom. The molecule has 2 rings (SSSR count). The van der Waals surface area contributed by atoms with Crippen LogP contribution >= 0.6 is 27.5 Å². The van der Waals surface area contributed by atoms with Crippen molar-refractivity contribution in [3.63, 3.8) is 0 Å². The van der Waals surface area contributed by atoms with E-state index in [0.717, 1.165) is 33.2 Å². The zero-order valence-electron chi connectivity index (χ0n) is 13.4. The molecule has 2 nitrogen and oxygen atoms in total. The molecule has 0 aromatic heterocycles. The first-order valence-corrected chi connectivity index (χ1v) is 8.96. The maximum Gasteiger partial charge on any atom is 0.0414 e. The van der Waals surface area contributed by atoms with E-state index in [1.807, 2.05) is 51.0 Å². The van der Waals surface area contributed by atoms with Crippen molar-refractivity contribution in [3.8, 4) is 0 Å². The van der Waals surface area contributed by atoms with Gasteiger partial charge in [0, 0.05) is 29.1 Å². The summed E-state index contributed by atoms with van der Waals surface area (Å²) in [4.78, 5) is 0. The van der Waals surface area contributed by atoms with Gasteiger partial charge in [0.25, 0.3) is 0 Å². The normalized spacial score (nSPS) is 10.5. The molecule has 118 valence electrons. The van der Waals surface area contributed by atoms with E-state index >= 15 is 0 Å². The lowest BCUT2D eigenvalue weighted by Gasteiger charge is -2.12. The van der Waals surface area contributed by atoms with Crippen LogP contribution in [0.1, 0.15) is 18.1 Å². The van der Waals surface area contributed by atoms with Gasteiger partial charge in [-0.3, -0.25) is 0 Å². The molecule has 0 bridgehead atoms. The Morgan fingerprint density at radius 1 is 1.14 bits per heavy atom. The van der Waals surface area contributed by atoms with Crippen molar-refractivity contribution >= 4 is 44.6 Å². The second-order valence-corrected chi connectivity index (χ2v) is 5.05. The van der Waals surface area contributed by atoms with Crippen LogP contribution in [0.15, 0.2) is 48.5 Å². The lowest BCUT2D eigenvalue weighted by Crippen LogP contribution is -2.04. The number of rotatable bonds is 4. The van der Waals surface area contributed by atoms with Gasteiger partial charge < -0.3 is 10.6 Å². The van der Waals surface area contributed by atoms with Gasteiger partial charge >= 0.3 is 0 Å². The van der Waals surface area contributed by atoms with Gasteiger partial charge in [0.1, 0.15) is 0 Å². The minimum atomic E-state index is 0.758. The second kappa shape index (κ2) is 9.54. The molecule has 0 aliphatic carbocycles.